The number of rotatable bonds is 5. The summed E-state index contributed by atoms with van der Waals surface area (Å²) in [7, 11) is 0. The fraction of sp³-hybridized carbons (Fsp3) is 0.222. The number of carbonyl (C=O) groups is 2. The van der Waals surface area contributed by atoms with Gasteiger partial charge in [-0.05, 0) is 67.4 Å². The quantitative estimate of drug-likeness (QED) is 0.275. The van der Waals surface area contributed by atoms with Gasteiger partial charge in [-0.25, -0.2) is 0 Å². The minimum atomic E-state index is -4.64. The van der Waals surface area contributed by atoms with E-state index in [2.05, 4.69) is 10.3 Å². The average Bonchev–Trinajstić information content (AvgIpc) is 3.22. The molecule has 0 aliphatic rings. The van der Waals surface area contributed by atoms with Crippen molar-refractivity contribution in [3.63, 3.8) is 0 Å². The van der Waals surface area contributed by atoms with E-state index in [9.17, 15) is 35.9 Å². The number of halogens is 6. The van der Waals surface area contributed by atoms with Gasteiger partial charge >= 0.3 is 12.4 Å². The number of hydrogen-bond acceptors (Lipinski definition) is 3. The maximum Gasteiger partial charge on any atom is 0.416 e. The van der Waals surface area contributed by atoms with Crippen LogP contribution in [0.1, 0.15) is 45.6 Å². The molecule has 2 amide bonds. The van der Waals surface area contributed by atoms with Crippen molar-refractivity contribution in [3.8, 4) is 0 Å². The average molecular weight is 566 g/mol. The van der Waals surface area contributed by atoms with E-state index in [1.165, 1.54) is 29.7 Å². The van der Waals surface area contributed by atoms with Crippen LogP contribution in [0.2, 0.25) is 0 Å². The van der Waals surface area contributed by atoms with Gasteiger partial charge in [0.25, 0.3) is 5.91 Å². The number of nitrogens with zero attached hydrogens (tertiary/aromatic N) is 2. The Morgan fingerprint density at radius 3 is 2.23 bits per heavy atom. The van der Waals surface area contributed by atoms with Gasteiger partial charge in [-0.3, -0.25) is 9.59 Å². The molecule has 4 rings (SSSR count). The second-order valence-corrected chi connectivity index (χ2v) is 9.82. The number of aryl methyl sites for hydroxylation is 1. The third-order valence-corrected chi connectivity index (χ3v) is 6.92. The van der Waals surface area contributed by atoms with Crippen molar-refractivity contribution in [3.05, 3.63) is 99.3 Å². The summed E-state index contributed by atoms with van der Waals surface area (Å²) in [5.74, 6) is -1.48. The van der Waals surface area contributed by atoms with Crippen LogP contribution in [0, 0.1) is 6.92 Å². The first-order chi connectivity index (χ1) is 18.2. The molecule has 1 N–H and O–H groups in total. The van der Waals surface area contributed by atoms with Crippen LogP contribution in [0.3, 0.4) is 0 Å². The highest BCUT2D eigenvalue weighted by atomic mass is 32.1. The van der Waals surface area contributed by atoms with E-state index in [4.69, 9.17) is 0 Å². The second kappa shape index (κ2) is 10.7. The lowest BCUT2D eigenvalue weighted by molar-refractivity contribution is -0.138. The van der Waals surface area contributed by atoms with Crippen molar-refractivity contribution in [2.45, 2.75) is 38.8 Å². The van der Waals surface area contributed by atoms with E-state index >= 15 is 0 Å². The Labute approximate surface area is 222 Å². The normalized spacial score (nSPS) is 13.5. The van der Waals surface area contributed by atoms with Crippen LogP contribution in [-0.2, 0) is 23.7 Å². The predicted molar refractivity (Wildman–Crippen MR) is 134 cm³/mol. The first kappa shape index (κ1) is 28.1. The summed E-state index contributed by atoms with van der Waals surface area (Å²) in [5, 5.41) is 2.60. The SMILES string of the molecule is Cc1ccc2c(c1)sc(=NC(=O)c1cccc(C(F)(F)F)c1)n2C(C)C(=O)NCc1cccc(C(F)(F)F)c1. The van der Waals surface area contributed by atoms with Gasteiger partial charge < -0.3 is 9.88 Å². The molecule has 0 fully saturated rings. The molecule has 0 saturated heterocycles. The summed E-state index contributed by atoms with van der Waals surface area (Å²) in [6, 6.07) is 12.8. The van der Waals surface area contributed by atoms with Gasteiger partial charge in [0.2, 0.25) is 5.91 Å². The number of alkyl halides is 6. The summed E-state index contributed by atoms with van der Waals surface area (Å²) in [4.78, 5) is 30.1. The zero-order valence-electron chi connectivity index (χ0n) is 20.5. The van der Waals surface area contributed by atoms with E-state index in [-0.39, 0.29) is 22.5 Å². The Morgan fingerprint density at radius 1 is 0.923 bits per heavy atom. The lowest BCUT2D eigenvalue weighted by Crippen LogP contribution is -2.34. The highest BCUT2D eigenvalue weighted by molar-refractivity contribution is 7.16. The van der Waals surface area contributed by atoms with Crippen molar-refractivity contribution in [2.24, 2.45) is 4.99 Å². The molecule has 0 aliphatic carbocycles. The molecule has 0 aliphatic heterocycles. The zero-order valence-corrected chi connectivity index (χ0v) is 21.3. The topological polar surface area (TPSA) is 63.5 Å². The van der Waals surface area contributed by atoms with Crippen LogP contribution < -0.4 is 10.1 Å². The maximum atomic E-state index is 13.1. The van der Waals surface area contributed by atoms with Crippen molar-refractivity contribution >= 4 is 33.4 Å². The lowest BCUT2D eigenvalue weighted by atomic mass is 10.1. The minimum absolute atomic E-state index is 0.0831. The third-order valence-electron chi connectivity index (χ3n) is 5.90. The third kappa shape index (κ3) is 6.39. The molecule has 3 aromatic carbocycles. The molecule has 12 heteroatoms. The summed E-state index contributed by atoms with van der Waals surface area (Å²) in [5.41, 5.74) is -0.413. The second-order valence-electron chi connectivity index (χ2n) is 8.81. The highest BCUT2D eigenvalue weighted by Crippen LogP contribution is 2.31. The fourth-order valence-corrected chi connectivity index (χ4v) is 5.09. The molecule has 1 aromatic heterocycles. The standard InChI is InChI=1S/C27H21F6N3O2S/c1-15-9-10-21-22(11-15)39-25(35-24(38)18-6-4-8-20(13-18)27(31,32)33)36(21)16(2)23(37)34-14-17-5-3-7-19(12-17)26(28,29)30/h3-13,16H,14H2,1-2H3,(H,34,37). The fourth-order valence-electron chi connectivity index (χ4n) is 3.90. The molecule has 204 valence electrons. The number of fused-ring (bicyclic) bond motifs is 1. The van der Waals surface area contributed by atoms with Crippen LogP contribution >= 0.6 is 11.3 Å². The van der Waals surface area contributed by atoms with Gasteiger partial charge in [0, 0.05) is 12.1 Å². The molecule has 0 spiro atoms. The minimum Gasteiger partial charge on any atom is -0.350 e. The van der Waals surface area contributed by atoms with Crippen LogP contribution in [-0.4, -0.2) is 16.4 Å². The molecule has 4 aromatic rings. The summed E-state index contributed by atoms with van der Waals surface area (Å²) < 4.78 is 80.6. The number of benzene rings is 3. The first-order valence-corrected chi connectivity index (χ1v) is 12.4. The van der Waals surface area contributed by atoms with Crippen LogP contribution in [0.4, 0.5) is 26.3 Å². The number of aromatic nitrogens is 1. The van der Waals surface area contributed by atoms with Gasteiger partial charge in [-0.1, -0.05) is 35.6 Å². The molecule has 1 atom stereocenters. The number of nitrogens with one attached hydrogen (secondary N) is 1. The van der Waals surface area contributed by atoms with Crippen molar-refractivity contribution in [2.75, 3.05) is 0 Å². The molecular weight excluding hydrogens is 544 g/mol. The molecule has 1 unspecified atom stereocenters. The predicted octanol–water partition coefficient (Wildman–Crippen LogP) is 6.67. The van der Waals surface area contributed by atoms with Gasteiger partial charge in [0.1, 0.15) is 6.04 Å². The number of amides is 2. The first-order valence-electron chi connectivity index (χ1n) is 11.6. The van der Waals surface area contributed by atoms with E-state index in [1.807, 2.05) is 13.0 Å². The Morgan fingerprint density at radius 2 is 1.56 bits per heavy atom. The van der Waals surface area contributed by atoms with Crippen LogP contribution in [0.25, 0.3) is 10.2 Å². The Hall–Kier alpha value is -3.93. The largest absolute Gasteiger partial charge is 0.416 e. The summed E-state index contributed by atoms with van der Waals surface area (Å²) in [6.07, 6.45) is -9.17. The van der Waals surface area contributed by atoms with Crippen molar-refractivity contribution < 1.29 is 35.9 Å². The van der Waals surface area contributed by atoms with Crippen LogP contribution in [0.5, 0.6) is 0 Å². The van der Waals surface area contributed by atoms with Gasteiger partial charge in [0.15, 0.2) is 4.80 Å². The summed E-state index contributed by atoms with van der Waals surface area (Å²) >= 11 is 1.08. The molecule has 39 heavy (non-hydrogen) atoms. The molecule has 1 heterocycles. The Balaban J connectivity index is 1.68. The molecule has 0 bridgehead atoms. The van der Waals surface area contributed by atoms with Crippen LogP contribution in [0.15, 0.2) is 71.7 Å². The molecule has 0 saturated carbocycles. The van der Waals surface area contributed by atoms with E-state index in [1.54, 1.807) is 12.1 Å². The van der Waals surface area contributed by atoms with E-state index < -0.39 is 41.3 Å². The van der Waals surface area contributed by atoms with Gasteiger partial charge in [-0.15, -0.1) is 0 Å². The molecule has 0 radical (unpaired) electrons. The van der Waals surface area contributed by atoms with Gasteiger partial charge in [0.05, 0.1) is 21.3 Å². The number of thiazole rings is 1. The van der Waals surface area contributed by atoms with Gasteiger partial charge in [-0.2, -0.15) is 31.3 Å². The van der Waals surface area contributed by atoms with E-state index in [0.717, 1.165) is 41.2 Å². The lowest BCUT2D eigenvalue weighted by Gasteiger charge is -2.16. The molecular formula is C27H21F6N3O2S. The monoisotopic (exact) mass is 565 g/mol. The van der Waals surface area contributed by atoms with Crippen molar-refractivity contribution in [1.82, 2.24) is 9.88 Å². The number of hydrogen-bond donors (Lipinski definition) is 1. The zero-order chi connectivity index (χ0) is 28.5. The number of carbonyl (C=O) groups excluding carboxylic acids is 2. The Bertz CT molecular complexity index is 1620. The van der Waals surface area contributed by atoms with E-state index in [0.29, 0.717) is 16.3 Å². The Kier molecular flexibility index (Phi) is 7.69. The molecule has 5 nitrogen and oxygen atoms in total. The highest BCUT2D eigenvalue weighted by Gasteiger charge is 2.31. The summed E-state index contributed by atoms with van der Waals surface area (Å²) in [6.45, 7) is 3.20. The maximum absolute atomic E-state index is 13.1. The smallest absolute Gasteiger partial charge is 0.350 e. The van der Waals surface area contributed by atoms with Crippen molar-refractivity contribution in [1.29, 1.82) is 0 Å².